The molecule has 2 aromatic rings. The van der Waals surface area contributed by atoms with Crippen LogP contribution in [0, 0.1) is 11.8 Å². The Labute approximate surface area is 173 Å². The lowest BCUT2D eigenvalue weighted by Gasteiger charge is -2.36. The monoisotopic (exact) mass is 390 g/mol. The van der Waals surface area contributed by atoms with Crippen molar-refractivity contribution in [1.29, 1.82) is 0 Å². The summed E-state index contributed by atoms with van der Waals surface area (Å²) in [5, 5.41) is 3.30. The van der Waals surface area contributed by atoms with E-state index in [1.807, 2.05) is 42.5 Å². The van der Waals surface area contributed by atoms with Gasteiger partial charge in [0.2, 0.25) is 5.91 Å². The highest BCUT2D eigenvalue weighted by atomic mass is 16.2. The van der Waals surface area contributed by atoms with Crippen LogP contribution < -0.4 is 5.32 Å². The van der Waals surface area contributed by atoms with Gasteiger partial charge in [-0.25, -0.2) is 0 Å². The van der Waals surface area contributed by atoms with Gasteiger partial charge in [0, 0.05) is 18.2 Å². The molecule has 2 aliphatic rings. The van der Waals surface area contributed by atoms with Crippen molar-refractivity contribution in [2.75, 3.05) is 6.54 Å². The van der Waals surface area contributed by atoms with E-state index in [2.05, 4.69) is 31.3 Å². The molecule has 2 aromatic carbocycles. The number of amides is 2. The number of carbonyl (C=O) groups excluding carboxylic acids is 2. The van der Waals surface area contributed by atoms with Crippen molar-refractivity contribution in [3.05, 3.63) is 71.3 Å². The molecule has 4 atom stereocenters. The molecule has 4 heteroatoms. The fraction of sp³-hybridized carbons (Fsp3) is 0.440. The van der Waals surface area contributed by atoms with Crippen molar-refractivity contribution >= 4 is 11.8 Å². The van der Waals surface area contributed by atoms with E-state index < -0.39 is 6.04 Å². The van der Waals surface area contributed by atoms with Gasteiger partial charge in [-0.15, -0.1) is 0 Å². The van der Waals surface area contributed by atoms with Gasteiger partial charge in [0.05, 0.1) is 0 Å². The quantitative estimate of drug-likeness (QED) is 0.824. The summed E-state index contributed by atoms with van der Waals surface area (Å²) >= 11 is 0. The second-order valence-corrected chi connectivity index (χ2v) is 8.61. The standard InChI is InChI=1S/C25H30N2O2/c1-17-9-8-14-22(18(17)2)26-24(28)23-20-12-6-7-13-21(20)25(29)27(23)16-15-19-10-4-3-5-11-19/h3-7,10-13,17-18,22-23H,8-9,14-16H2,1-2H3,(H,26,28)/t17-,18-,22+,23-/m1/s1. The number of rotatable bonds is 5. The van der Waals surface area contributed by atoms with Crippen molar-refractivity contribution in [2.24, 2.45) is 11.8 Å². The fourth-order valence-electron chi connectivity index (χ4n) is 4.83. The Balaban J connectivity index is 1.55. The van der Waals surface area contributed by atoms with Gasteiger partial charge in [-0.2, -0.15) is 0 Å². The lowest BCUT2D eigenvalue weighted by atomic mass is 9.78. The Hall–Kier alpha value is -2.62. The highest BCUT2D eigenvalue weighted by molar-refractivity contribution is 6.04. The van der Waals surface area contributed by atoms with Crippen molar-refractivity contribution in [2.45, 2.75) is 51.6 Å². The summed E-state index contributed by atoms with van der Waals surface area (Å²) in [4.78, 5) is 28.2. The van der Waals surface area contributed by atoms with Crippen LogP contribution in [0.5, 0.6) is 0 Å². The van der Waals surface area contributed by atoms with Gasteiger partial charge in [0.1, 0.15) is 6.04 Å². The Bertz CT molecular complexity index is 879. The summed E-state index contributed by atoms with van der Waals surface area (Å²) in [6.45, 7) is 5.03. The molecule has 1 fully saturated rings. The SMILES string of the molecule is C[C@@H]1[C@H](C)CCC[C@@H]1NC(=O)[C@H]1c2ccccc2C(=O)N1CCc1ccccc1. The molecule has 1 heterocycles. The van der Waals surface area contributed by atoms with Crippen molar-refractivity contribution in [3.8, 4) is 0 Å². The molecule has 4 nitrogen and oxygen atoms in total. The zero-order valence-electron chi connectivity index (χ0n) is 17.3. The molecule has 0 aromatic heterocycles. The molecule has 1 N–H and O–H groups in total. The Morgan fingerprint density at radius 3 is 2.55 bits per heavy atom. The molecular formula is C25H30N2O2. The minimum Gasteiger partial charge on any atom is -0.351 e. The zero-order valence-corrected chi connectivity index (χ0v) is 17.3. The Kier molecular flexibility index (Phi) is 5.70. The lowest BCUT2D eigenvalue weighted by Crippen LogP contribution is -2.48. The molecule has 29 heavy (non-hydrogen) atoms. The number of carbonyl (C=O) groups is 2. The minimum absolute atomic E-state index is 0.0395. The highest BCUT2D eigenvalue weighted by Gasteiger charge is 2.41. The molecule has 0 spiro atoms. The van der Waals surface area contributed by atoms with Crippen LogP contribution in [0.25, 0.3) is 0 Å². The molecule has 0 saturated heterocycles. The third-order valence-electron chi connectivity index (χ3n) is 6.83. The second-order valence-electron chi connectivity index (χ2n) is 8.61. The molecule has 1 aliphatic heterocycles. The topological polar surface area (TPSA) is 49.4 Å². The molecule has 4 rings (SSSR count). The molecule has 1 aliphatic carbocycles. The number of benzene rings is 2. The van der Waals surface area contributed by atoms with Crippen LogP contribution in [0.3, 0.4) is 0 Å². The maximum absolute atomic E-state index is 13.4. The van der Waals surface area contributed by atoms with E-state index in [1.54, 1.807) is 4.90 Å². The predicted octanol–water partition coefficient (Wildman–Crippen LogP) is 4.37. The first kappa shape index (κ1) is 19.7. The van der Waals surface area contributed by atoms with E-state index >= 15 is 0 Å². The van der Waals surface area contributed by atoms with Crippen LogP contribution in [0.4, 0.5) is 0 Å². The zero-order chi connectivity index (χ0) is 20.4. The van der Waals surface area contributed by atoms with Crippen LogP contribution in [0.15, 0.2) is 54.6 Å². The van der Waals surface area contributed by atoms with Crippen molar-refractivity contribution in [1.82, 2.24) is 10.2 Å². The van der Waals surface area contributed by atoms with Crippen LogP contribution in [-0.2, 0) is 11.2 Å². The van der Waals surface area contributed by atoms with Gasteiger partial charge in [0.25, 0.3) is 5.91 Å². The third-order valence-corrected chi connectivity index (χ3v) is 6.83. The van der Waals surface area contributed by atoms with E-state index in [0.717, 1.165) is 24.8 Å². The molecule has 2 amide bonds. The number of fused-ring (bicyclic) bond motifs is 1. The highest BCUT2D eigenvalue weighted by Crippen LogP contribution is 2.35. The molecule has 152 valence electrons. The maximum atomic E-state index is 13.4. The largest absolute Gasteiger partial charge is 0.351 e. The Morgan fingerprint density at radius 1 is 1.03 bits per heavy atom. The van der Waals surface area contributed by atoms with Crippen molar-refractivity contribution < 1.29 is 9.59 Å². The average molecular weight is 391 g/mol. The molecule has 0 radical (unpaired) electrons. The van der Waals surface area contributed by atoms with E-state index in [1.165, 1.54) is 12.0 Å². The first-order valence-corrected chi connectivity index (χ1v) is 10.8. The van der Waals surface area contributed by atoms with E-state index in [-0.39, 0.29) is 17.9 Å². The van der Waals surface area contributed by atoms with E-state index in [0.29, 0.717) is 23.9 Å². The maximum Gasteiger partial charge on any atom is 0.255 e. The summed E-state index contributed by atoms with van der Waals surface area (Å²) in [5.41, 5.74) is 2.66. The first-order valence-electron chi connectivity index (χ1n) is 10.8. The normalized spacial score (nSPS) is 26.3. The minimum atomic E-state index is -0.535. The van der Waals surface area contributed by atoms with Crippen LogP contribution >= 0.6 is 0 Å². The summed E-state index contributed by atoms with van der Waals surface area (Å²) in [7, 11) is 0. The summed E-state index contributed by atoms with van der Waals surface area (Å²) < 4.78 is 0. The number of hydrogen-bond acceptors (Lipinski definition) is 2. The summed E-state index contributed by atoms with van der Waals surface area (Å²) in [6, 6.07) is 17.3. The van der Waals surface area contributed by atoms with Crippen LogP contribution in [0.1, 0.15) is 60.6 Å². The van der Waals surface area contributed by atoms with Crippen LogP contribution in [0.2, 0.25) is 0 Å². The summed E-state index contributed by atoms with van der Waals surface area (Å²) in [6.07, 6.45) is 4.13. The third kappa shape index (κ3) is 3.93. The fourth-order valence-corrected chi connectivity index (χ4v) is 4.83. The molecule has 1 saturated carbocycles. The summed E-state index contributed by atoms with van der Waals surface area (Å²) in [5.74, 6) is 0.989. The molecule has 0 bridgehead atoms. The van der Waals surface area contributed by atoms with Gasteiger partial charge in [0.15, 0.2) is 0 Å². The van der Waals surface area contributed by atoms with Crippen LogP contribution in [-0.4, -0.2) is 29.3 Å². The van der Waals surface area contributed by atoms with Gasteiger partial charge < -0.3 is 10.2 Å². The van der Waals surface area contributed by atoms with Gasteiger partial charge in [-0.1, -0.05) is 75.2 Å². The van der Waals surface area contributed by atoms with E-state index in [4.69, 9.17) is 0 Å². The second kappa shape index (κ2) is 8.40. The van der Waals surface area contributed by atoms with Gasteiger partial charge in [-0.3, -0.25) is 9.59 Å². The van der Waals surface area contributed by atoms with Gasteiger partial charge >= 0.3 is 0 Å². The smallest absolute Gasteiger partial charge is 0.255 e. The number of hydrogen-bond donors (Lipinski definition) is 1. The average Bonchev–Trinajstić information content (AvgIpc) is 3.03. The number of nitrogens with one attached hydrogen (secondary N) is 1. The lowest BCUT2D eigenvalue weighted by molar-refractivity contribution is -0.127. The number of nitrogens with zero attached hydrogens (tertiary/aromatic N) is 1. The molecular weight excluding hydrogens is 360 g/mol. The Morgan fingerprint density at radius 2 is 1.76 bits per heavy atom. The van der Waals surface area contributed by atoms with Crippen molar-refractivity contribution in [3.63, 3.8) is 0 Å². The van der Waals surface area contributed by atoms with E-state index in [9.17, 15) is 9.59 Å². The predicted molar refractivity (Wildman–Crippen MR) is 114 cm³/mol. The molecule has 0 unspecified atom stereocenters. The first-order chi connectivity index (χ1) is 14.1. The van der Waals surface area contributed by atoms with Gasteiger partial charge in [-0.05, 0) is 41.9 Å².